The molecule has 0 atom stereocenters. The third-order valence-corrected chi connectivity index (χ3v) is 4.27. The Bertz CT molecular complexity index is 465. The highest BCUT2D eigenvalue weighted by Gasteiger charge is 2.27. The van der Waals surface area contributed by atoms with Crippen molar-refractivity contribution in [3.63, 3.8) is 0 Å². The summed E-state index contributed by atoms with van der Waals surface area (Å²) < 4.78 is 27.1. The molecule has 18 heavy (non-hydrogen) atoms. The Morgan fingerprint density at radius 1 is 1.17 bits per heavy atom. The van der Waals surface area contributed by atoms with Crippen molar-refractivity contribution in [1.29, 1.82) is 0 Å². The van der Waals surface area contributed by atoms with Gasteiger partial charge in [-0.3, -0.25) is 4.79 Å². The summed E-state index contributed by atoms with van der Waals surface area (Å²) in [6.45, 7) is 2.15. The van der Waals surface area contributed by atoms with Crippen LogP contribution in [0.4, 0.5) is 8.78 Å². The predicted molar refractivity (Wildman–Crippen MR) is 69.5 cm³/mol. The second kappa shape index (κ2) is 5.47. The molecular formula is C14H15BrF2O. The van der Waals surface area contributed by atoms with Crippen LogP contribution in [0.5, 0.6) is 0 Å². The number of ketones is 1. The molecule has 0 spiro atoms. The molecule has 0 unspecified atom stereocenters. The van der Waals surface area contributed by atoms with Gasteiger partial charge < -0.3 is 0 Å². The smallest absolute Gasteiger partial charge is 0.168 e. The van der Waals surface area contributed by atoms with Gasteiger partial charge in [-0.05, 0) is 46.8 Å². The standard InChI is InChI=1S/C14H15BrF2O/c1-8-2-4-9(5-3-8)14(18)10-6-13(17)11(15)7-12(10)16/h6-9H,2-5H2,1H3. The largest absolute Gasteiger partial charge is 0.294 e. The first kappa shape index (κ1) is 13.7. The van der Waals surface area contributed by atoms with Gasteiger partial charge in [0.05, 0.1) is 10.0 Å². The van der Waals surface area contributed by atoms with Gasteiger partial charge in [-0.1, -0.05) is 19.8 Å². The number of carbonyl (C=O) groups is 1. The third kappa shape index (κ3) is 2.79. The summed E-state index contributed by atoms with van der Waals surface area (Å²) in [7, 11) is 0. The molecule has 1 aromatic carbocycles. The molecule has 0 N–H and O–H groups in total. The van der Waals surface area contributed by atoms with Crippen molar-refractivity contribution in [2.75, 3.05) is 0 Å². The zero-order valence-electron chi connectivity index (χ0n) is 10.2. The van der Waals surface area contributed by atoms with Crippen LogP contribution in [0.2, 0.25) is 0 Å². The van der Waals surface area contributed by atoms with Gasteiger partial charge in [-0.15, -0.1) is 0 Å². The minimum atomic E-state index is -0.646. The van der Waals surface area contributed by atoms with Gasteiger partial charge in [-0.25, -0.2) is 8.78 Å². The number of benzene rings is 1. The minimum absolute atomic E-state index is 0.0498. The third-order valence-electron chi connectivity index (χ3n) is 3.66. The molecule has 0 aliphatic heterocycles. The minimum Gasteiger partial charge on any atom is -0.294 e. The molecule has 0 heterocycles. The van der Waals surface area contributed by atoms with Crippen LogP contribution in [0, 0.1) is 23.5 Å². The number of halogens is 3. The summed E-state index contributed by atoms with van der Waals surface area (Å²) in [5.74, 6) is -1.03. The van der Waals surface area contributed by atoms with E-state index < -0.39 is 11.6 Å². The molecule has 1 nitrogen and oxygen atoms in total. The van der Waals surface area contributed by atoms with Gasteiger partial charge in [0.15, 0.2) is 5.78 Å². The topological polar surface area (TPSA) is 17.1 Å². The van der Waals surface area contributed by atoms with Crippen LogP contribution in [0.25, 0.3) is 0 Å². The van der Waals surface area contributed by atoms with E-state index in [2.05, 4.69) is 22.9 Å². The van der Waals surface area contributed by atoms with Crippen LogP contribution >= 0.6 is 15.9 Å². The Labute approximate surface area is 114 Å². The molecule has 1 aliphatic carbocycles. The average Bonchev–Trinajstić information content (AvgIpc) is 2.34. The highest BCUT2D eigenvalue weighted by Crippen LogP contribution is 2.32. The summed E-state index contributed by atoms with van der Waals surface area (Å²) in [5, 5.41) is 0. The van der Waals surface area contributed by atoms with E-state index in [9.17, 15) is 13.6 Å². The fourth-order valence-electron chi connectivity index (χ4n) is 2.45. The summed E-state index contributed by atoms with van der Waals surface area (Å²) >= 11 is 2.91. The van der Waals surface area contributed by atoms with Crippen molar-refractivity contribution in [1.82, 2.24) is 0 Å². The number of carbonyl (C=O) groups excluding carboxylic acids is 1. The first-order valence-electron chi connectivity index (χ1n) is 6.17. The molecular weight excluding hydrogens is 302 g/mol. The normalized spacial score (nSPS) is 24.0. The van der Waals surface area contributed by atoms with Crippen LogP contribution < -0.4 is 0 Å². The van der Waals surface area contributed by atoms with Gasteiger partial charge in [0, 0.05) is 5.92 Å². The van der Waals surface area contributed by atoms with E-state index in [1.54, 1.807) is 0 Å². The maximum Gasteiger partial charge on any atom is 0.168 e. The zero-order valence-corrected chi connectivity index (χ0v) is 11.8. The van der Waals surface area contributed by atoms with E-state index in [0.29, 0.717) is 5.92 Å². The lowest BCUT2D eigenvalue weighted by Crippen LogP contribution is -2.22. The maximum atomic E-state index is 13.7. The highest BCUT2D eigenvalue weighted by molar-refractivity contribution is 9.10. The molecule has 1 fully saturated rings. The molecule has 1 aliphatic rings. The second-order valence-electron chi connectivity index (χ2n) is 5.07. The Morgan fingerprint density at radius 3 is 2.39 bits per heavy atom. The summed E-state index contributed by atoms with van der Waals surface area (Å²) in [6, 6.07) is 2.02. The molecule has 0 aromatic heterocycles. The fourth-order valence-corrected chi connectivity index (χ4v) is 2.77. The Morgan fingerprint density at radius 2 is 1.78 bits per heavy atom. The van der Waals surface area contributed by atoms with E-state index >= 15 is 0 Å². The first-order valence-corrected chi connectivity index (χ1v) is 6.97. The first-order chi connectivity index (χ1) is 8.49. The second-order valence-corrected chi connectivity index (χ2v) is 5.92. The summed E-state index contributed by atoms with van der Waals surface area (Å²) in [5.41, 5.74) is -0.116. The average molecular weight is 317 g/mol. The number of hydrogen-bond acceptors (Lipinski definition) is 1. The van der Waals surface area contributed by atoms with Gasteiger partial charge >= 0.3 is 0 Å². The molecule has 0 bridgehead atoms. The summed E-state index contributed by atoms with van der Waals surface area (Å²) in [4.78, 5) is 12.2. The van der Waals surface area contributed by atoms with Crippen molar-refractivity contribution in [2.45, 2.75) is 32.6 Å². The van der Waals surface area contributed by atoms with E-state index in [0.717, 1.165) is 37.8 Å². The molecule has 2 rings (SSSR count). The molecule has 4 heteroatoms. The van der Waals surface area contributed by atoms with Crippen molar-refractivity contribution >= 4 is 21.7 Å². The van der Waals surface area contributed by atoms with Gasteiger partial charge in [0.1, 0.15) is 11.6 Å². The van der Waals surface area contributed by atoms with E-state index in [4.69, 9.17) is 0 Å². The molecule has 0 saturated heterocycles. The van der Waals surface area contributed by atoms with Crippen LogP contribution in [-0.4, -0.2) is 5.78 Å². The lowest BCUT2D eigenvalue weighted by atomic mass is 9.79. The lowest BCUT2D eigenvalue weighted by molar-refractivity contribution is 0.0871. The molecule has 1 aromatic rings. The van der Waals surface area contributed by atoms with Crippen LogP contribution in [-0.2, 0) is 0 Å². The Balaban J connectivity index is 2.21. The van der Waals surface area contributed by atoms with E-state index in [-0.39, 0.29) is 21.7 Å². The number of rotatable bonds is 2. The maximum absolute atomic E-state index is 13.7. The molecule has 98 valence electrons. The van der Waals surface area contributed by atoms with Crippen LogP contribution in [0.3, 0.4) is 0 Å². The Hall–Kier alpha value is -0.770. The number of Topliss-reactive ketones (excluding diaryl/α,β-unsaturated/α-hetero) is 1. The van der Waals surface area contributed by atoms with Crippen molar-refractivity contribution in [3.05, 3.63) is 33.8 Å². The quantitative estimate of drug-likeness (QED) is 0.569. The van der Waals surface area contributed by atoms with Crippen molar-refractivity contribution in [3.8, 4) is 0 Å². The highest BCUT2D eigenvalue weighted by atomic mass is 79.9. The van der Waals surface area contributed by atoms with E-state index in [1.807, 2.05) is 0 Å². The van der Waals surface area contributed by atoms with Crippen LogP contribution in [0.1, 0.15) is 43.0 Å². The molecule has 0 amide bonds. The molecule has 1 saturated carbocycles. The lowest BCUT2D eigenvalue weighted by Gasteiger charge is -2.25. The Kier molecular flexibility index (Phi) is 4.15. The predicted octanol–water partition coefficient (Wildman–Crippen LogP) is 4.74. The van der Waals surface area contributed by atoms with Gasteiger partial charge in [0.25, 0.3) is 0 Å². The zero-order chi connectivity index (χ0) is 13.3. The van der Waals surface area contributed by atoms with Gasteiger partial charge in [-0.2, -0.15) is 0 Å². The molecule has 0 radical (unpaired) electrons. The van der Waals surface area contributed by atoms with Crippen LogP contribution in [0.15, 0.2) is 16.6 Å². The van der Waals surface area contributed by atoms with Gasteiger partial charge in [0.2, 0.25) is 0 Å². The summed E-state index contributed by atoms with van der Waals surface area (Å²) in [6.07, 6.45) is 3.52. The van der Waals surface area contributed by atoms with Crippen molar-refractivity contribution < 1.29 is 13.6 Å². The SMILES string of the molecule is CC1CCC(C(=O)c2cc(F)c(Br)cc2F)CC1. The fraction of sp³-hybridized carbons (Fsp3) is 0.500. The van der Waals surface area contributed by atoms with Crippen molar-refractivity contribution in [2.24, 2.45) is 11.8 Å². The monoisotopic (exact) mass is 316 g/mol. The van der Waals surface area contributed by atoms with E-state index in [1.165, 1.54) is 0 Å². The number of hydrogen-bond donors (Lipinski definition) is 0.